The number of hydrogen-bond acceptors (Lipinski definition) is 5. The van der Waals surface area contributed by atoms with E-state index in [4.69, 9.17) is 16.3 Å². The van der Waals surface area contributed by atoms with E-state index >= 15 is 0 Å². The molecule has 1 aromatic heterocycles. The van der Waals surface area contributed by atoms with Crippen LogP contribution in [0.5, 0.6) is 0 Å². The standard InChI is InChI=1S/C19H21ClN2O3S/c1-12(2)11-22-17(23)13(3)25-19(24)14-7-6-10-21-18(14)26-16-9-5-4-8-15(16)20/h4-10,12-13H,11H2,1-3H3,(H,22,23)/t13-/m0/s1. The van der Waals surface area contributed by atoms with Gasteiger partial charge in [0, 0.05) is 17.6 Å². The van der Waals surface area contributed by atoms with Crippen LogP contribution in [0.2, 0.25) is 5.02 Å². The minimum atomic E-state index is -0.889. The molecule has 0 aliphatic rings. The van der Waals surface area contributed by atoms with E-state index in [1.54, 1.807) is 31.3 Å². The lowest BCUT2D eigenvalue weighted by Gasteiger charge is -2.15. The third-order valence-corrected chi connectivity index (χ3v) is 4.91. The zero-order valence-electron chi connectivity index (χ0n) is 14.9. The predicted octanol–water partition coefficient (Wildman–Crippen LogP) is 4.20. The quantitative estimate of drug-likeness (QED) is 0.715. The van der Waals surface area contributed by atoms with Gasteiger partial charge in [0.15, 0.2) is 6.10 Å². The molecule has 5 nitrogen and oxygen atoms in total. The molecular weight excluding hydrogens is 372 g/mol. The fraction of sp³-hybridized carbons (Fsp3) is 0.316. The van der Waals surface area contributed by atoms with Gasteiger partial charge < -0.3 is 10.1 Å². The Bertz CT molecular complexity index is 783. The number of nitrogens with one attached hydrogen (secondary N) is 1. The number of benzene rings is 1. The van der Waals surface area contributed by atoms with Crippen LogP contribution in [0.1, 0.15) is 31.1 Å². The van der Waals surface area contributed by atoms with Crippen LogP contribution in [0.3, 0.4) is 0 Å². The first-order valence-electron chi connectivity index (χ1n) is 8.24. The summed E-state index contributed by atoms with van der Waals surface area (Å²) in [6.45, 7) is 6.06. The third kappa shape index (κ3) is 5.75. The molecule has 0 saturated carbocycles. The van der Waals surface area contributed by atoms with Crippen molar-refractivity contribution in [2.45, 2.75) is 36.8 Å². The minimum absolute atomic E-state index is 0.293. The monoisotopic (exact) mass is 392 g/mol. The van der Waals surface area contributed by atoms with E-state index in [9.17, 15) is 9.59 Å². The van der Waals surface area contributed by atoms with Crippen molar-refractivity contribution in [3.05, 3.63) is 53.2 Å². The summed E-state index contributed by atoms with van der Waals surface area (Å²) in [7, 11) is 0. The first-order chi connectivity index (χ1) is 12.4. The number of ether oxygens (including phenoxy) is 1. The van der Waals surface area contributed by atoms with Gasteiger partial charge in [-0.2, -0.15) is 0 Å². The number of halogens is 1. The van der Waals surface area contributed by atoms with E-state index in [0.29, 0.717) is 28.1 Å². The van der Waals surface area contributed by atoms with Gasteiger partial charge in [-0.3, -0.25) is 4.79 Å². The minimum Gasteiger partial charge on any atom is -0.449 e. The van der Waals surface area contributed by atoms with Gasteiger partial charge in [0.1, 0.15) is 5.03 Å². The Morgan fingerprint density at radius 3 is 2.62 bits per heavy atom. The van der Waals surface area contributed by atoms with Gasteiger partial charge in [-0.15, -0.1) is 0 Å². The SMILES string of the molecule is CC(C)CNC(=O)[C@H](C)OC(=O)c1cccnc1Sc1ccccc1Cl. The van der Waals surface area contributed by atoms with E-state index in [2.05, 4.69) is 10.3 Å². The summed E-state index contributed by atoms with van der Waals surface area (Å²) in [5.74, 6) is -0.602. The molecule has 0 saturated heterocycles. The summed E-state index contributed by atoms with van der Waals surface area (Å²) in [5, 5.41) is 3.79. The van der Waals surface area contributed by atoms with Crippen molar-refractivity contribution in [2.24, 2.45) is 5.92 Å². The average molecular weight is 393 g/mol. The molecular formula is C19H21ClN2O3S. The summed E-state index contributed by atoms with van der Waals surface area (Å²) in [5.41, 5.74) is 0.293. The van der Waals surface area contributed by atoms with Gasteiger partial charge in [0.05, 0.1) is 10.6 Å². The highest BCUT2D eigenvalue weighted by molar-refractivity contribution is 7.99. The molecule has 1 N–H and O–H groups in total. The summed E-state index contributed by atoms with van der Waals surface area (Å²) in [6, 6.07) is 10.6. The maximum atomic E-state index is 12.5. The zero-order valence-corrected chi connectivity index (χ0v) is 16.4. The number of pyridine rings is 1. The fourth-order valence-electron chi connectivity index (χ4n) is 1.99. The number of esters is 1. The molecule has 138 valence electrons. The smallest absolute Gasteiger partial charge is 0.341 e. The number of amides is 1. The topological polar surface area (TPSA) is 68.3 Å². The van der Waals surface area contributed by atoms with Gasteiger partial charge in [-0.25, -0.2) is 9.78 Å². The Kier molecular flexibility index (Phi) is 7.48. The summed E-state index contributed by atoms with van der Waals surface area (Å²) >= 11 is 7.45. The highest BCUT2D eigenvalue weighted by atomic mass is 35.5. The molecule has 0 spiro atoms. The van der Waals surface area contributed by atoms with Crippen molar-refractivity contribution in [3.63, 3.8) is 0 Å². The second-order valence-electron chi connectivity index (χ2n) is 6.08. The van der Waals surface area contributed by atoms with Crippen molar-refractivity contribution in [2.75, 3.05) is 6.54 Å². The number of carbonyl (C=O) groups is 2. The van der Waals surface area contributed by atoms with Crippen molar-refractivity contribution < 1.29 is 14.3 Å². The molecule has 0 bridgehead atoms. The number of carbonyl (C=O) groups excluding carboxylic acids is 2. The number of aromatic nitrogens is 1. The third-order valence-electron chi connectivity index (χ3n) is 3.37. The molecule has 1 aromatic carbocycles. The lowest BCUT2D eigenvalue weighted by atomic mass is 10.2. The van der Waals surface area contributed by atoms with E-state index in [-0.39, 0.29) is 5.91 Å². The van der Waals surface area contributed by atoms with Crippen molar-refractivity contribution in [3.8, 4) is 0 Å². The van der Waals surface area contributed by atoms with Gasteiger partial charge in [0.25, 0.3) is 5.91 Å². The molecule has 0 fully saturated rings. The van der Waals surface area contributed by atoms with E-state index in [1.165, 1.54) is 11.8 Å². The lowest BCUT2D eigenvalue weighted by Crippen LogP contribution is -2.37. The largest absolute Gasteiger partial charge is 0.449 e. The molecule has 0 radical (unpaired) electrons. The molecule has 1 heterocycles. The molecule has 0 aliphatic heterocycles. The van der Waals surface area contributed by atoms with E-state index < -0.39 is 12.1 Å². The maximum Gasteiger partial charge on any atom is 0.341 e. The summed E-state index contributed by atoms with van der Waals surface area (Å²) < 4.78 is 5.30. The highest BCUT2D eigenvalue weighted by Gasteiger charge is 2.22. The van der Waals surface area contributed by atoms with Crippen molar-refractivity contribution in [1.82, 2.24) is 10.3 Å². The molecule has 1 amide bonds. The summed E-state index contributed by atoms with van der Waals surface area (Å²) in [6.07, 6.45) is 0.703. The van der Waals surface area contributed by atoms with Gasteiger partial charge >= 0.3 is 5.97 Å². The second-order valence-corrected chi connectivity index (χ2v) is 7.51. The van der Waals surface area contributed by atoms with Crippen LogP contribution < -0.4 is 5.32 Å². The van der Waals surface area contributed by atoms with Crippen LogP contribution >= 0.6 is 23.4 Å². The number of hydrogen-bond donors (Lipinski definition) is 1. The van der Waals surface area contributed by atoms with Gasteiger partial charge in [-0.1, -0.05) is 49.3 Å². The molecule has 2 aromatic rings. The van der Waals surface area contributed by atoms with Crippen LogP contribution in [-0.4, -0.2) is 29.5 Å². The van der Waals surface area contributed by atoms with Crippen LogP contribution in [0.15, 0.2) is 52.5 Å². The zero-order chi connectivity index (χ0) is 19.1. The van der Waals surface area contributed by atoms with Crippen molar-refractivity contribution in [1.29, 1.82) is 0 Å². The molecule has 2 rings (SSSR count). The van der Waals surface area contributed by atoms with Crippen LogP contribution in [0.4, 0.5) is 0 Å². The second kappa shape index (κ2) is 9.59. The lowest BCUT2D eigenvalue weighted by molar-refractivity contribution is -0.129. The highest BCUT2D eigenvalue weighted by Crippen LogP contribution is 2.33. The van der Waals surface area contributed by atoms with E-state index in [1.807, 2.05) is 32.0 Å². The molecule has 1 atom stereocenters. The number of rotatable bonds is 7. The molecule has 26 heavy (non-hydrogen) atoms. The van der Waals surface area contributed by atoms with Crippen molar-refractivity contribution >= 4 is 35.2 Å². The predicted molar refractivity (Wildman–Crippen MR) is 103 cm³/mol. The Balaban J connectivity index is 2.10. The maximum absolute atomic E-state index is 12.5. The Morgan fingerprint density at radius 2 is 1.92 bits per heavy atom. The average Bonchev–Trinajstić information content (AvgIpc) is 2.61. The first-order valence-corrected chi connectivity index (χ1v) is 9.44. The van der Waals surface area contributed by atoms with Crippen LogP contribution in [-0.2, 0) is 9.53 Å². The Hall–Kier alpha value is -2.05. The summed E-state index contributed by atoms with van der Waals surface area (Å²) in [4.78, 5) is 29.5. The first kappa shape index (κ1) is 20.3. The van der Waals surface area contributed by atoms with Crippen LogP contribution in [0.25, 0.3) is 0 Å². The Morgan fingerprint density at radius 1 is 1.19 bits per heavy atom. The van der Waals surface area contributed by atoms with Gasteiger partial charge in [-0.05, 0) is 37.1 Å². The van der Waals surface area contributed by atoms with Gasteiger partial charge in [0.2, 0.25) is 0 Å². The molecule has 0 aliphatic carbocycles. The normalized spacial score (nSPS) is 11.9. The van der Waals surface area contributed by atoms with E-state index in [0.717, 1.165) is 4.90 Å². The Labute approximate surface area is 162 Å². The van der Waals surface area contributed by atoms with Crippen LogP contribution in [0, 0.1) is 5.92 Å². The number of nitrogens with zero attached hydrogens (tertiary/aromatic N) is 1. The fourth-order valence-corrected chi connectivity index (χ4v) is 3.13. The molecule has 0 unspecified atom stereocenters. The molecule has 7 heteroatoms.